The SMILES string of the molecule is COc1c(C)cc(N2C(=O)[C@@](C)(c3ccc4c(c3)CCC(C)(C)O4)c3cc(Cl)ccc32)cc1C(=O)O. The number of anilines is 2. The largest absolute Gasteiger partial charge is 0.496 e. The summed E-state index contributed by atoms with van der Waals surface area (Å²) in [5.41, 5.74) is 3.17. The zero-order valence-corrected chi connectivity index (χ0v) is 21.7. The number of aryl methyl sites for hydroxylation is 2. The van der Waals surface area contributed by atoms with Gasteiger partial charge in [-0.1, -0.05) is 23.7 Å². The molecule has 6 nitrogen and oxygen atoms in total. The Morgan fingerprint density at radius 1 is 1.11 bits per heavy atom. The molecule has 36 heavy (non-hydrogen) atoms. The van der Waals surface area contributed by atoms with Gasteiger partial charge in [0.2, 0.25) is 5.91 Å². The molecule has 7 heteroatoms. The van der Waals surface area contributed by atoms with Crippen molar-refractivity contribution in [2.75, 3.05) is 12.0 Å². The number of rotatable bonds is 4. The van der Waals surface area contributed by atoms with Crippen molar-refractivity contribution in [2.45, 2.75) is 51.6 Å². The smallest absolute Gasteiger partial charge is 0.339 e. The van der Waals surface area contributed by atoms with Crippen molar-refractivity contribution in [3.8, 4) is 11.5 Å². The highest BCUT2D eigenvalue weighted by atomic mass is 35.5. The van der Waals surface area contributed by atoms with Crippen LogP contribution in [0.5, 0.6) is 11.5 Å². The van der Waals surface area contributed by atoms with Crippen molar-refractivity contribution in [1.29, 1.82) is 0 Å². The number of fused-ring (bicyclic) bond motifs is 2. The summed E-state index contributed by atoms with van der Waals surface area (Å²) in [4.78, 5) is 27.9. The van der Waals surface area contributed by atoms with Crippen LogP contribution >= 0.6 is 11.6 Å². The van der Waals surface area contributed by atoms with Crippen LogP contribution in [0, 0.1) is 6.92 Å². The first-order valence-corrected chi connectivity index (χ1v) is 12.2. The first-order valence-electron chi connectivity index (χ1n) is 11.9. The molecule has 186 valence electrons. The number of benzene rings is 3. The monoisotopic (exact) mass is 505 g/mol. The summed E-state index contributed by atoms with van der Waals surface area (Å²) in [5.74, 6) is -0.198. The van der Waals surface area contributed by atoms with E-state index in [4.69, 9.17) is 21.1 Å². The Bertz CT molecular complexity index is 1430. The van der Waals surface area contributed by atoms with Gasteiger partial charge in [-0.25, -0.2) is 4.79 Å². The van der Waals surface area contributed by atoms with Crippen molar-refractivity contribution in [3.05, 3.63) is 81.4 Å². The van der Waals surface area contributed by atoms with Gasteiger partial charge >= 0.3 is 5.97 Å². The summed E-state index contributed by atoms with van der Waals surface area (Å²) in [6.45, 7) is 7.81. The highest BCUT2D eigenvalue weighted by Crippen LogP contribution is 2.51. The number of carbonyl (C=O) groups excluding carboxylic acids is 1. The zero-order chi connectivity index (χ0) is 26.0. The minimum atomic E-state index is -1.12. The van der Waals surface area contributed by atoms with Gasteiger partial charge < -0.3 is 14.6 Å². The Morgan fingerprint density at radius 3 is 2.56 bits per heavy atom. The van der Waals surface area contributed by atoms with E-state index < -0.39 is 11.4 Å². The standard InChI is InChI=1S/C29H28ClNO5/c1-16-12-20(15-21(26(32)33)25(16)35-5)31-23-8-7-19(30)14-22(23)29(4,27(31)34)18-6-9-24-17(13-18)10-11-28(2,3)36-24/h6-9,12-15H,10-11H2,1-5H3,(H,32,33)/t29-/m0/s1. The van der Waals surface area contributed by atoms with E-state index in [0.29, 0.717) is 22.0 Å². The summed E-state index contributed by atoms with van der Waals surface area (Å²) in [6, 6.07) is 14.6. The lowest BCUT2D eigenvalue weighted by Crippen LogP contribution is -2.37. The number of methoxy groups -OCH3 is 1. The second-order valence-corrected chi connectivity index (χ2v) is 10.7. The predicted octanol–water partition coefficient (Wildman–Crippen LogP) is 6.44. The number of aromatic carboxylic acids is 1. The molecule has 0 fully saturated rings. The molecule has 2 aliphatic rings. The van der Waals surface area contributed by atoms with Gasteiger partial charge in [-0.05, 0) is 99.2 Å². The number of ether oxygens (including phenoxy) is 2. The molecule has 0 saturated heterocycles. The number of carboxylic acid groups (broad SMARTS) is 1. The van der Waals surface area contributed by atoms with Gasteiger partial charge in [0.25, 0.3) is 0 Å². The van der Waals surface area contributed by atoms with Crippen molar-refractivity contribution >= 4 is 34.9 Å². The molecule has 0 spiro atoms. The molecule has 1 atom stereocenters. The first kappa shape index (κ1) is 24.2. The van der Waals surface area contributed by atoms with Crippen LogP contribution in [0.15, 0.2) is 48.5 Å². The van der Waals surface area contributed by atoms with Gasteiger partial charge in [-0.3, -0.25) is 9.69 Å². The molecule has 0 saturated carbocycles. The van der Waals surface area contributed by atoms with Crippen molar-refractivity contribution in [1.82, 2.24) is 0 Å². The van der Waals surface area contributed by atoms with Gasteiger partial charge in [0, 0.05) is 5.02 Å². The maximum Gasteiger partial charge on any atom is 0.339 e. The fourth-order valence-corrected chi connectivity index (χ4v) is 5.54. The average Bonchev–Trinajstić information content (AvgIpc) is 3.04. The number of hydrogen-bond acceptors (Lipinski definition) is 4. The number of halogens is 1. The third kappa shape index (κ3) is 3.63. The maximum atomic E-state index is 14.3. The molecule has 1 amide bonds. The van der Waals surface area contributed by atoms with E-state index in [1.807, 2.05) is 31.2 Å². The summed E-state index contributed by atoms with van der Waals surface area (Å²) < 4.78 is 11.5. The second kappa shape index (κ2) is 8.27. The van der Waals surface area contributed by atoms with Gasteiger partial charge in [-0.15, -0.1) is 0 Å². The van der Waals surface area contributed by atoms with Crippen molar-refractivity contribution in [3.63, 3.8) is 0 Å². The van der Waals surface area contributed by atoms with Crippen LogP contribution in [-0.2, 0) is 16.6 Å². The Hall–Kier alpha value is -3.51. The number of nitrogens with zero attached hydrogens (tertiary/aromatic N) is 1. The van der Waals surface area contributed by atoms with Crippen LogP contribution in [-0.4, -0.2) is 29.7 Å². The van der Waals surface area contributed by atoms with E-state index in [-0.39, 0.29) is 22.8 Å². The molecule has 1 N–H and O–H groups in total. The van der Waals surface area contributed by atoms with E-state index >= 15 is 0 Å². The van der Waals surface area contributed by atoms with Crippen LogP contribution in [0.3, 0.4) is 0 Å². The molecule has 2 heterocycles. The highest BCUT2D eigenvalue weighted by Gasteiger charge is 2.50. The topological polar surface area (TPSA) is 76.1 Å². The Morgan fingerprint density at radius 2 is 1.86 bits per heavy atom. The van der Waals surface area contributed by atoms with Crippen molar-refractivity contribution < 1.29 is 24.2 Å². The lowest BCUT2D eigenvalue weighted by atomic mass is 9.76. The minimum absolute atomic E-state index is 0.00189. The number of amides is 1. The van der Waals surface area contributed by atoms with Crippen molar-refractivity contribution in [2.24, 2.45) is 0 Å². The summed E-state index contributed by atoms with van der Waals surface area (Å²) in [6.07, 6.45) is 1.73. The lowest BCUT2D eigenvalue weighted by Gasteiger charge is -2.34. The number of carbonyl (C=O) groups is 2. The third-order valence-corrected chi connectivity index (χ3v) is 7.58. The average molecular weight is 506 g/mol. The molecule has 0 bridgehead atoms. The Balaban J connectivity index is 1.68. The molecule has 0 aromatic heterocycles. The third-order valence-electron chi connectivity index (χ3n) is 7.34. The maximum absolute atomic E-state index is 14.3. The normalized spacial score (nSPS) is 19.9. The van der Waals surface area contributed by atoms with E-state index in [1.165, 1.54) is 13.2 Å². The van der Waals surface area contributed by atoms with Crippen LogP contribution < -0.4 is 14.4 Å². The summed E-state index contributed by atoms with van der Waals surface area (Å²) in [7, 11) is 1.44. The van der Waals surface area contributed by atoms with Gasteiger partial charge in [0.05, 0.1) is 23.9 Å². The fourth-order valence-electron chi connectivity index (χ4n) is 5.37. The van der Waals surface area contributed by atoms with Crippen LogP contribution in [0.1, 0.15) is 59.8 Å². The lowest BCUT2D eigenvalue weighted by molar-refractivity contribution is -0.120. The van der Waals surface area contributed by atoms with Crippen LogP contribution in [0.25, 0.3) is 0 Å². The van der Waals surface area contributed by atoms with E-state index in [0.717, 1.165) is 35.3 Å². The molecule has 3 aromatic carbocycles. The number of carboxylic acids is 1. The summed E-state index contributed by atoms with van der Waals surface area (Å²) in [5, 5.41) is 10.3. The van der Waals surface area contributed by atoms with E-state index in [9.17, 15) is 14.7 Å². The van der Waals surface area contributed by atoms with Gasteiger partial charge in [-0.2, -0.15) is 0 Å². The zero-order valence-electron chi connectivity index (χ0n) is 20.9. The summed E-state index contributed by atoms with van der Waals surface area (Å²) >= 11 is 6.41. The van der Waals surface area contributed by atoms with Crippen LogP contribution in [0.2, 0.25) is 5.02 Å². The molecule has 5 rings (SSSR count). The van der Waals surface area contributed by atoms with E-state index in [1.54, 1.807) is 24.0 Å². The van der Waals surface area contributed by atoms with Crippen LogP contribution in [0.4, 0.5) is 11.4 Å². The molecule has 0 unspecified atom stereocenters. The minimum Gasteiger partial charge on any atom is -0.496 e. The molecular formula is C29H28ClNO5. The quantitative estimate of drug-likeness (QED) is 0.441. The predicted molar refractivity (Wildman–Crippen MR) is 139 cm³/mol. The second-order valence-electron chi connectivity index (χ2n) is 10.3. The molecule has 0 radical (unpaired) electrons. The molecule has 3 aromatic rings. The van der Waals surface area contributed by atoms with E-state index in [2.05, 4.69) is 19.9 Å². The Labute approximate surface area is 215 Å². The Kier molecular flexibility index (Phi) is 5.56. The molecule has 2 aliphatic heterocycles. The number of hydrogen-bond donors (Lipinski definition) is 1. The molecule has 0 aliphatic carbocycles. The van der Waals surface area contributed by atoms with Gasteiger partial charge in [0.15, 0.2) is 0 Å². The first-order chi connectivity index (χ1) is 17.0. The van der Waals surface area contributed by atoms with Gasteiger partial charge in [0.1, 0.15) is 22.7 Å². The fraction of sp³-hybridized carbons (Fsp3) is 0.310. The molecular weight excluding hydrogens is 478 g/mol. The highest BCUT2D eigenvalue weighted by molar-refractivity contribution is 6.31.